The third-order valence-corrected chi connectivity index (χ3v) is 4.30. The van der Waals surface area contributed by atoms with Gasteiger partial charge >= 0.3 is 12.1 Å². The first-order chi connectivity index (χ1) is 14.6. The van der Waals surface area contributed by atoms with Crippen molar-refractivity contribution in [2.75, 3.05) is 38.1 Å². The van der Waals surface area contributed by atoms with Gasteiger partial charge in [-0.3, -0.25) is 4.79 Å². The summed E-state index contributed by atoms with van der Waals surface area (Å²) < 4.78 is 10.3. The Kier molecular flexibility index (Phi) is 8.02. The summed E-state index contributed by atoms with van der Waals surface area (Å²) >= 11 is 0. The first-order valence-electron chi connectivity index (χ1n) is 10.1. The molecule has 31 heavy (non-hydrogen) atoms. The summed E-state index contributed by atoms with van der Waals surface area (Å²) in [7, 11) is 0. The molecule has 1 aromatic rings. The number of nitrogens with zero attached hydrogens (tertiary/aromatic N) is 3. The Morgan fingerprint density at radius 1 is 1.13 bits per heavy atom. The van der Waals surface area contributed by atoms with Crippen LogP contribution in [0, 0.1) is 11.3 Å². The van der Waals surface area contributed by atoms with Gasteiger partial charge in [0.15, 0.2) is 0 Å². The predicted molar refractivity (Wildman–Crippen MR) is 114 cm³/mol. The van der Waals surface area contributed by atoms with Crippen LogP contribution in [0.5, 0.6) is 0 Å². The van der Waals surface area contributed by atoms with E-state index in [1.165, 1.54) is 6.20 Å². The highest BCUT2D eigenvalue weighted by Gasteiger charge is 2.25. The molecule has 0 aliphatic carbocycles. The minimum Gasteiger partial charge on any atom is -0.462 e. The summed E-state index contributed by atoms with van der Waals surface area (Å²) in [6.07, 6.45) is 1.12. The number of hydrogen-bond acceptors (Lipinski definition) is 7. The maximum absolute atomic E-state index is 12.5. The van der Waals surface area contributed by atoms with Crippen LogP contribution in [0.25, 0.3) is 0 Å². The van der Waals surface area contributed by atoms with Gasteiger partial charge in [0.25, 0.3) is 5.91 Å². The van der Waals surface area contributed by atoms with Crippen LogP contribution in [0.4, 0.5) is 10.5 Å². The molecule has 2 amide bonds. The Hall–Kier alpha value is -3.54. The quantitative estimate of drug-likeness (QED) is 0.436. The smallest absolute Gasteiger partial charge is 0.410 e. The molecule has 1 N–H and O–H groups in total. The van der Waals surface area contributed by atoms with Gasteiger partial charge in [0.1, 0.15) is 17.2 Å². The first kappa shape index (κ1) is 23.7. The number of hydrogen-bond donors (Lipinski definition) is 1. The number of ether oxygens (including phenoxy) is 2. The summed E-state index contributed by atoms with van der Waals surface area (Å²) in [6, 6.07) is 8.13. The number of nitrogens with one attached hydrogen (secondary N) is 1. The number of benzene rings is 1. The van der Waals surface area contributed by atoms with E-state index in [1.54, 1.807) is 36.1 Å². The largest absolute Gasteiger partial charge is 0.462 e. The van der Waals surface area contributed by atoms with E-state index in [9.17, 15) is 19.6 Å². The first-order valence-corrected chi connectivity index (χ1v) is 10.1. The number of esters is 1. The van der Waals surface area contributed by atoms with Crippen molar-refractivity contribution in [2.45, 2.75) is 33.3 Å². The number of anilines is 1. The molecule has 1 heterocycles. The number of carbonyl (C=O) groups is 3. The molecule has 1 aliphatic rings. The summed E-state index contributed by atoms with van der Waals surface area (Å²) in [5, 5.41) is 12.0. The number of amides is 2. The lowest BCUT2D eigenvalue weighted by Crippen LogP contribution is -2.48. The van der Waals surface area contributed by atoms with E-state index in [0.29, 0.717) is 37.4 Å². The average molecular weight is 428 g/mol. The van der Waals surface area contributed by atoms with Gasteiger partial charge in [-0.1, -0.05) is 0 Å². The molecule has 2 rings (SSSR count). The molecule has 0 saturated carbocycles. The lowest BCUT2D eigenvalue weighted by Gasteiger charge is -2.35. The van der Waals surface area contributed by atoms with E-state index in [1.807, 2.05) is 31.7 Å². The highest BCUT2D eigenvalue weighted by atomic mass is 16.6. The summed E-state index contributed by atoms with van der Waals surface area (Å²) in [6.45, 7) is 9.25. The number of nitriles is 1. The Morgan fingerprint density at radius 2 is 1.74 bits per heavy atom. The maximum atomic E-state index is 12.5. The molecule has 0 unspecified atom stereocenters. The highest BCUT2D eigenvalue weighted by Crippen LogP contribution is 2.14. The second kappa shape index (κ2) is 10.5. The van der Waals surface area contributed by atoms with E-state index in [0.717, 1.165) is 0 Å². The Morgan fingerprint density at radius 3 is 2.26 bits per heavy atom. The fourth-order valence-corrected chi connectivity index (χ4v) is 2.78. The highest BCUT2D eigenvalue weighted by molar-refractivity contribution is 6.06. The molecule has 9 heteroatoms. The van der Waals surface area contributed by atoms with Crippen molar-refractivity contribution in [1.82, 2.24) is 9.80 Å². The third kappa shape index (κ3) is 7.33. The molecule has 0 bridgehead atoms. The average Bonchev–Trinajstić information content (AvgIpc) is 2.71. The van der Waals surface area contributed by atoms with Gasteiger partial charge in [0.05, 0.1) is 12.2 Å². The van der Waals surface area contributed by atoms with E-state index in [-0.39, 0.29) is 18.3 Å². The van der Waals surface area contributed by atoms with E-state index in [4.69, 9.17) is 9.47 Å². The molecule has 0 radical (unpaired) electrons. The molecule has 1 fully saturated rings. The zero-order valence-electron chi connectivity index (χ0n) is 18.3. The van der Waals surface area contributed by atoms with Gasteiger partial charge < -0.3 is 24.6 Å². The molecule has 0 spiro atoms. The van der Waals surface area contributed by atoms with Crippen LogP contribution in [0.1, 0.15) is 38.1 Å². The third-order valence-electron chi connectivity index (χ3n) is 4.30. The molecule has 9 nitrogen and oxygen atoms in total. The monoisotopic (exact) mass is 428 g/mol. The Labute approximate surface area is 182 Å². The van der Waals surface area contributed by atoms with E-state index in [2.05, 4.69) is 5.32 Å². The Balaban J connectivity index is 1.93. The second-order valence-electron chi connectivity index (χ2n) is 7.91. The lowest BCUT2D eigenvalue weighted by atomic mass is 10.2. The van der Waals surface area contributed by atoms with Crippen molar-refractivity contribution in [1.29, 1.82) is 5.26 Å². The number of carbonyl (C=O) groups excluding carboxylic acids is 3. The molecular weight excluding hydrogens is 400 g/mol. The summed E-state index contributed by atoms with van der Waals surface area (Å²) in [4.78, 5) is 39.7. The normalized spacial score (nSPS) is 14.5. The van der Waals surface area contributed by atoms with Gasteiger partial charge in [-0.05, 0) is 52.0 Å². The van der Waals surface area contributed by atoms with Crippen molar-refractivity contribution >= 4 is 23.7 Å². The van der Waals surface area contributed by atoms with Gasteiger partial charge in [0.2, 0.25) is 0 Å². The minimum atomic E-state index is -0.561. The van der Waals surface area contributed by atoms with E-state index < -0.39 is 17.5 Å². The summed E-state index contributed by atoms with van der Waals surface area (Å²) in [5.74, 6) is -0.996. The zero-order valence-corrected chi connectivity index (χ0v) is 18.3. The van der Waals surface area contributed by atoms with Crippen LogP contribution in [-0.4, -0.2) is 66.2 Å². The van der Waals surface area contributed by atoms with Crippen LogP contribution in [-0.2, 0) is 14.3 Å². The number of piperazine rings is 1. The zero-order chi connectivity index (χ0) is 23.0. The van der Waals surface area contributed by atoms with Crippen molar-refractivity contribution in [3.05, 3.63) is 41.6 Å². The molecule has 1 aliphatic heterocycles. The fourth-order valence-electron chi connectivity index (χ4n) is 2.78. The van der Waals surface area contributed by atoms with Crippen molar-refractivity contribution in [3.8, 4) is 6.07 Å². The fraction of sp³-hybridized carbons (Fsp3) is 0.455. The molecule has 1 aromatic carbocycles. The predicted octanol–water partition coefficient (Wildman–Crippen LogP) is 2.76. The van der Waals surface area contributed by atoms with Crippen molar-refractivity contribution < 1.29 is 23.9 Å². The van der Waals surface area contributed by atoms with Gasteiger partial charge in [-0.25, -0.2) is 9.59 Å². The van der Waals surface area contributed by atoms with Crippen LogP contribution in [0.3, 0.4) is 0 Å². The number of rotatable bonds is 5. The van der Waals surface area contributed by atoms with Gasteiger partial charge in [-0.15, -0.1) is 0 Å². The van der Waals surface area contributed by atoms with Gasteiger partial charge in [0, 0.05) is 38.1 Å². The van der Waals surface area contributed by atoms with Gasteiger partial charge in [-0.2, -0.15) is 5.26 Å². The van der Waals surface area contributed by atoms with Crippen LogP contribution < -0.4 is 5.32 Å². The molecule has 166 valence electrons. The standard InChI is InChI=1S/C22H28N4O5/c1-5-30-20(28)16-6-8-18(9-7-16)24-19(27)17(14-23)15-25-10-12-26(13-11-25)21(29)31-22(2,3)4/h6-9,15H,5,10-13H2,1-4H3,(H,24,27)/b17-15-. The molecule has 0 atom stereocenters. The molecule has 0 aromatic heterocycles. The maximum Gasteiger partial charge on any atom is 0.410 e. The minimum absolute atomic E-state index is 0.0554. The van der Waals surface area contributed by atoms with E-state index >= 15 is 0 Å². The summed E-state index contributed by atoms with van der Waals surface area (Å²) in [5.41, 5.74) is 0.210. The van der Waals surface area contributed by atoms with Crippen molar-refractivity contribution in [2.24, 2.45) is 0 Å². The Bertz CT molecular complexity index is 873. The molecule has 1 saturated heterocycles. The van der Waals surface area contributed by atoms with Crippen LogP contribution in [0.15, 0.2) is 36.0 Å². The van der Waals surface area contributed by atoms with Crippen LogP contribution in [0.2, 0.25) is 0 Å². The molecular formula is C22H28N4O5. The topological polar surface area (TPSA) is 112 Å². The van der Waals surface area contributed by atoms with Crippen LogP contribution >= 0.6 is 0 Å². The second-order valence-corrected chi connectivity index (χ2v) is 7.91. The van der Waals surface area contributed by atoms with Crippen molar-refractivity contribution in [3.63, 3.8) is 0 Å². The SMILES string of the molecule is CCOC(=O)c1ccc(NC(=O)/C(C#N)=C\N2CCN(C(=O)OC(C)(C)C)CC2)cc1. The lowest BCUT2D eigenvalue weighted by molar-refractivity contribution is -0.112.